The molecule has 4 rings (SSSR count). The molecule has 1 aliphatic heterocycles. The summed E-state index contributed by atoms with van der Waals surface area (Å²) in [4.78, 5) is 11.5. The molecule has 1 saturated heterocycles. The van der Waals surface area contributed by atoms with Gasteiger partial charge < -0.3 is 20.1 Å². The number of ether oxygens (including phenoxy) is 2. The number of rotatable bonds is 4. The zero-order valence-electron chi connectivity index (χ0n) is 15.0. The van der Waals surface area contributed by atoms with Crippen molar-refractivity contribution in [1.82, 2.24) is 9.97 Å². The molecule has 134 valence electrons. The fraction of sp³-hybridized carbons (Fsp3) is 0.300. The maximum atomic E-state index is 6.21. The molecular formula is C20H22N4O2. The molecule has 1 atom stereocenters. The van der Waals surface area contributed by atoms with Crippen LogP contribution in [-0.2, 0) is 0 Å². The summed E-state index contributed by atoms with van der Waals surface area (Å²) in [5.74, 6) is 2.86. The van der Waals surface area contributed by atoms with Gasteiger partial charge in [0.05, 0.1) is 19.7 Å². The number of methoxy groups -OCH3 is 2. The molecular weight excluding hydrogens is 328 g/mol. The van der Waals surface area contributed by atoms with Gasteiger partial charge >= 0.3 is 0 Å². The second-order valence-electron chi connectivity index (χ2n) is 6.48. The average molecular weight is 350 g/mol. The smallest absolute Gasteiger partial charge is 0.227 e. The Hall–Kier alpha value is -3.02. The lowest BCUT2D eigenvalue weighted by Crippen LogP contribution is -2.22. The molecule has 0 spiro atoms. The zero-order chi connectivity index (χ0) is 18.1. The van der Waals surface area contributed by atoms with E-state index in [4.69, 9.17) is 20.2 Å². The summed E-state index contributed by atoms with van der Waals surface area (Å²) in [5, 5.41) is 0.769. The van der Waals surface area contributed by atoms with Crippen LogP contribution in [-0.4, -0.2) is 37.3 Å². The third kappa shape index (κ3) is 2.87. The molecule has 2 N–H and O–H groups in total. The predicted octanol–water partition coefficient (Wildman–Crippen LogP) is 3.22. The Kier molecular flexibility index (Phi) is 4.24. The number of benzene rings is 2. The van der Waals surface area contributed by atoms with Gasteiger partial charge in [-0.1, -0.05) is 30.3 Å². The van der Waals surface area contributed by atoms with Gasteiger partial charge in [0.1, 0.15) is 5.82 Å². The van der Waals surface area contributed by atoms with Crippen molar-refractivity contribution in [2.24, 2.45) is 0 Å². The number of anilines is 2. The summed E-state index contributed by atoms with van der Waals surface area (Å²) in [6, 6.07) is 14.3. The van der Waals surface area contributed by atoms with Crippen molar-refractivity contribution in [2.75, 3.05) is 37.9 Å². The third-order valence-corrected chi connectivity index (χ3v) is 4.96. The van der Waals surface area contributed by atoms with Crippen LogP contribution < -0.4 is 20.1 Å². The number of nitrogens with two attached hydrogens (primary N) is 1. The van der Waals surface area contributed by atoms with E-state index in [9.17, 15) is 0 Å². The van der Waals surface area contributed by atoms with Gasteiger partial charge in [0.15, 0.2) is 11.5 Å². The largest absolute Gasteiger partial charge is 0.493 e. The van der Waals surface area contributed by atoms with Crippen molar-refractivity contribution in [3.63, 3.8) is 0 Å². The zero-order valence-corrected chi connectivity index (χ0v) is 15.0. The molecule has 0 aliphatic carbocycles. The highest BCUT2D eigenvalue weighted by Crippen LogP contribution is 2.35. The van der Waals surface area contributed by atoms with Crippen molar-refractivity contribution in [2.45, 2.75) is 12.3 Å². The van der Waals surface area contributed by atoms with E-state index in [0.717, 1.165) is 30.4 Å². The Morgan fingerprint density at radius 1 is 1.04 bits per heavy atom. The molecule has 1 aromatic heterocycles. The summed E-state index contributed by atoms with van der Waals surface area (Å²) in [7, 11) is 3.21. The van der Waals surface area contributed by atoms with Crippen molar-refractivity contribution in [3.8, 4) is 11.5 Å². The van der Waals surface area contributed by atoms with Gasteiger partial charge in [0, 0.05) is 30.5 Å². The molecule has 0 saturated carbocycles. The fourth-order valence-corrected chi connectivity index (χ4v) is 3.55. The molecule has 2 aromatic carbocycles. The maximum Gasteiger partial charge on any atom is 0.227 e. The molecule has 0 radical (unpaired) electrons. The average Bonchev–Trinajstić information content (AvgIpc) is 3.18. The van der Waals surface area contributed by atoms with Crippen LogP contribution in [0.1, 0.15) is 17.9 Å². The minimum absolute atomic E-state index is 0.453. The molecule has 3 aromatic rings. The van der Waals surface area contributed by atoms with E-state index >= 15 is 0 Å². The van der Waals surface area contributed by atoms with Gasteiger partial charge in [-0.15, -0.1) is 0 Å². The van der Waals surface area contributed by atoms with Crippen LogP contribution in [0.15, 0.2) is 42.5 Å². The molecule has 1 fully saturated rings. The summed E-state index contributed by atoms with van der Waals surface area (Å²) in [5.41, 5.74) is 8.33. The van der Waals surface area contributed by atoms with E-state index < -0.39 is 0 Å². The fourth-order valence-electron chi connectivity index (χ4n) is 3.55. The Morgan fingerprint density at radius 2 is 1.77 bits per heavy atom. The molecule has 1 aliphatic rings. The number of nitrogen functional groups attached to an aromatic ring is 1. The first-order valence-corrected chi connectivity index (χ1v) is 8.68. The van der Waals surface area contributed by atoms with Gasteiger partial charge in [-0.3, -0.25) is 0 Å². The lowest BCUT2D eigenvalue weighted by atomic mass is 9.99. The van der Waals surface area contributed by atoms with Gasteiger partial charge in [0.2, 0.25) is 5.95 Å². The molecule has 6 heteroatoms. The van der Waals surface area contributed by atoms with E-state index in [-0.39, 0.29) is 0 Å². The van der Waals surface area contributed by atoms with Crippen molar-refractivity contribution >= 4 is 22.7 Å². The minimum atomic E-state index is 0.453. The van der Waals surface area contributed by atoms with Crippen LogP contribution in [0.25, 0.3) is 10.9 Å². The summed E-state index contributed by atoms with van der Waals surface area (Å²) in [6.07, 6.45) is 1.08. The van der Waals surface area contributed by atoms with Crippen LogP contribution in [0, 0.1) is 0 Å². The standard InChI is InChI=1S/C20H22N4O2/c1-25-17-10-15-16(11-18(17)26-2)22-20(23-19(15)21)24-9-8-14(12-24)13-6-4-3-5-7-13/h3-7,10-11,14H,8-9,12H2,1-2H3,(H2,21,22,23). The molecule has 2 heterocycles. The highest BCUT2D eigenvalue weighted by molar-refractivity contribution is 5.91. The van der Waals surface area contributed by atoms with Crippen LogP contribution in [0.5, 0.6) is 11.5 Å². The normalized spacial score (nSPS) is 16.8. The Bertz CT molecular complexity index is 930. The number of hydrogen-bond donors (Lipinski definition) is 1. The van der Waals surface area contributed by atoms with Gasteiger partial charge in [-0.2, -0.15) is 4.98 Å². The Morgan fingerprint density at radius 3 is 2.50 bits per heavy atom. The number of aromatic nitrogens is 2. The van der Waals surface area contributed by atoms with Crippen LogP contribution >= 0.6 is 0 Å². The maximum absolute atomic E-state index is 6.21. The van der Waals surface area contributed by atoms with E-state index in [1.807, 2.05) is 18.2 Å². The summed E-state index contributed by atoms with van der Waals surface area (Å²) < 4.78 is 10.7. The SMILES string of the molecule is COc1cc2nc(N3CCC(c4ccccc4)C3)nc(N)c2cc1OC. The molecule has 26 heavy (non-hydrogen) atoms. The molecule has 0 amide bonds. The number of fused-ring (bicyclic) bond motifs is 1. The first-order chi connectivity index (χ1) is 12.7. The molecule has 0 bridgehead atoms. The van der Waals surface area contributed by atoms with Gasteiger partial charge in [-0.05, 0) is 18.1 Å². The van der Waals surface area contributed by atoms with Crippen LogP contribution in [0.3, 0.4) is 0 Å². The van der Waals surface area contributed by atoms with Crippen LogP contribution in [0.2, 0.25) is 0 Å². The highest BCUT2D eigenvalue weighted by Gasteiger charge is 2.26. The number of hydrogen-bond acceptors (Lipinski definition) is 6. The van der Waals surface area contributed by atoms with Gasteiger partial charge in [0.25, 0.3) is 0 Å². The third-order valence-electron chi connectivity index (χ3n) is 4.96. The van der Waals surface area contributed by atoms with E-state index in [0.29, 0.717) is 29.2 Å². The van der Waals surface area contributed by atoms with E-state index in [1.54, 1.807) is 14.2 Å². The van der Waals surface area contributed by atoms with Crippen molar-refractivity contribution < 1.29 is 9.47 Å². The summed E-state index contributed by atoms with van der Waals surface area (Å²) >= 11 is 0. The monoisotopic (exact) mass is 350 g/mol. The molecule has 1 unspecified atom stereocenters. The predicted molar refractivity (Wildman–Crippen MR) is 103 cm³/mol. The first kappa shape index (κ1) is 16.4. The Labute approximate surface area is 152 Å². The lowest BCUT2D eigenvalue weighted by Gasteiger charge is -2.18. The quantitative estimate of drug-likeness (QED) is 0.779. The van der Waals surface area contributed by atoms with Crippen LogP contribution in [0.4, 0.5) is 11.8 Å². The van der Waals surface area contributed by atoms with E-state index in [1.165, 1.54) is 5.56 Å². The first-order valence-electron chi connectivity index (χ1n) is 8.68. The number of nitrogens with zero attached hydrogens (tertiary/aromatic N) is 3. The second-order valence-corrected chi connectivity index (χ2v) is 6.48. The Balaban J connectivity index is 1.67. The van der Waals surface area contributed by atoms with Gasteiger partial charge in [-0.25, -0.2) is 4.98 Å². The van der Waals surface area contributed by atoms with E-state index in [2.05, 4.69) is 34.1 Å². The summed E-state index contributed by atoms with van der Waals surface area (Å²) in [6.45, 7) is 1.81. The van der Waals surface area contributed by atoms with Crippen molar-refractivity contribution in [1.29, 1.82) is 0 Å². The lowest BCUT2D eigenvalue weighted by molar-refractivity contribution is 0.356. The minimum Gasteiger partial charge on any atom is -0.493 e. The second kappa shape index (κ2) is 6.71. The van der Waals surface area contributed by atoms with Crippen molar-refractivity contribution in [3.05, 3.63) is 48.0 Å². The topological polar surface area (TPSA) is 73.5 Å². The molecule has 6 nitrogen and oxygen atoms in total. The highest BCUT2D eigenvalue weighted by atomic mass is 16.5.